The molecule has 0 spiro atoms. The third kappa shape index (κ3) is 4.80. The van der Waals surface area contributed by atoms with Crippen LogP contribution >= 0.6 is 0 Å². The standard InChI is InChI=1S/C17H28N2O/c1-3-11-19(16-5-4-10-18-14-16)12-13-20-17-8-6-15(2)7-9-17/h6-9,16,18H,3-5,10-14H2,1-2H3. The fourth-order valence-corrected chi connectivity index (χ4v) is 2.82. The number of rotatable bonds is 7. The Morgan fingerprint density at radius 1 is 1.25 bits per heavy atom. The molecule has 1 saturated heterocycles. The maximum Gasteiger partial charge on any atom is 0.119 e. The van der Waals surface area contributed by atoms with Crippen molar-refractivity contribution >= 4 is 0 Å². The highest BCUT2D eigenvalue weighted by Gasteiger charge is 2.19. The van der Waals surface area contributed by atoms with Crippen molar-refractivity contribution in [3.05, 3.63) is 29.8 Å². The van der Waals surface area contributed by atoms with Gasteiger partial charge in [-0.05, 0) is 51.4 Å². The minimum atomic E-state index is 0.685. The highest BCUT2D eigenvalue weighted by Crippen LogP contribution is 2.13. The summed E-state index contributed by atoms with van der Waals surface area (Å²) in [5.41, 5.74) is 1.28. The number of ether oxygens (including phenoxy) is 1. The van der Waals surface area contributed by atoms with Crippen LogP contribution in [0.2, 0.25) is 0 Å². The molecule has 2 rings (SSSR count). The van der Waals surface area contributed by atoms with Gasteiger partial charge in [-0.15, -0.1) is 0 Å². The second-order valence-electron chi connectivity index (χ2n) is 5.70. The summed E-state index contributed by atoms with van der Waals surface area (Å²) >= 11 is 0. The van der Waals surface area contributed by atoms with Gasteiger partial charge in [0.25, 0.3) is 0 Å². The van der Waals surface area contributed by atoms with E-state index in [9.17, 15) is 0 Å². The van der Waals surface area contributed by atoms with Gasteiger partial charge in [-0.3, -0.25) is 4.90 Å². The number of hydrogen-bond acceptors (Lipinski definition) is 3. The average Bonchev–Trinajstić information content (AvgIpc) is 2.49. The Hall–Kier alpha value is -1.06. The summed E-state index contributed by atoms with van der Waals surface area (Å²) in [5, 5.41) is 3.51. The number of hydrogen-bond donors (Lipinski definition) is 1. The van der Waals surface area contributed by atoms with Crippen molar-refractivity contribution in [1.29, 1.82) is 0 Å². The van der Waals surface area contributed by atoms with Gasteiger partial charge in [0.1, 0.15) is 12.4 Å². The van der Waals surface area contributed by atoms with Crippen LogP contribution in [-0.2, 0) is 0 Å². The molecule has 1 N–H and O–H groups in total. The van der Waals surface area contributed by atoms with Crippen molar-refractivity contribution in [2.24, 2.45) is 0 Å². The van der Waals surface area contributed by atoms with Gasteiger partial charge in [-0.25, -0.2) is 0 Å². The minimum Gasteiger partial charge on any atom is -0.492 e. The lowest BCUT2D eigenvalue weighted by Gasteiger charge is -2.34. The molecule has 1 aliphatic rings. The first-order valence-electron chi connectivity index (χ1n) is 7.94. The van der Waals surface area contributed by atoms with Crippen LogP contribution in [0.15, 0.2) is 24.3 Å². The van der Waals surface area contributed by atoms with Crippen LogP contribution < -0.4 is 10.1 Å². The number of nitrogens with zero attached hydrogens (tertiary/aromatic N) is 1. The molecule has 0 amide bonds. The Morgan fingerprint density at radius 3 is 2.70 bits per heavy atom. The van der Waals surface area contributed by atoms with Crippen LogP contribution in [0, 0.1) is 6.92 Å². The summed E-state index contributed by atoms with van der Waals surface area (Å²) in [6.07, 6.45) is 3.82. The second kappa shape index (κ2) is 8.28. The SMILES string of the molecule is CCCN(CCOc1ccc(C)cc1)C1CCCNC1. The second-order valence-corrected chi connectivity index (χ2v) is 5.70. The molecule has 1 atom stereocenters. The lowest BCUT2D eigenvalue weighted by Crippen LogP contribution is -2.47. The highest BCUT2D eigenvalue weighted by atomic mass is 16.5. The lowest BCUT2D eigenvalue weighted by atomic mass is 10.1. The van der Waals surface area contributed by atoms with Gasteiger partial charge in [0.2, 0.25) is 0 Å². The Labute approximate surface area is 123 Å². The molecule has 1 fully saturated rings. The molecular weight excluding hydrogens is 248 g/mol. The molecule has 112 valence electrons. The van der Waals surface area contributed by atoms with Crippen LogP contribution in [0.25, 0.3) is 0 Å². The van der Waals surface area contributed by atoms with E-state index in [2.05, 4.69) is 48.3 Å². The Morgan fingerprint density at radius 2 is 2.05 bits per heavy atom. The lowest BCUT2D eigenvalue weighted by molar-refractivity contribution is 0.138. The quantitative estimate of drug-likeness (QED) is 0.829. The zero-order valence-electron chi connectivity index (χ0n) is 12.9. The highest BCUT2D eigenvalue weighted by molar-refractivity contribution is 5.26. The van der Waals surface area contributed by atoms with E-state index in [1.54, 1.807) is 0 Å². The van der Waals surface area contributed by atoms with Crippen LogP contribution in [-0.4, -0.2) is 43.7 Å². The van der Waals surface area contributed by atoms with E-state index in [0.717, 1.165) is 25.4 Å². The van der Waals surface area contributed by atoms with E-state index >= 15 is 0 Å². The smallest absolute Gasteiger partial charge is 0.119 e. The summed E-state index contributed by atoms with van der Waals surface area (Å²) in [4.78, 5) is 2.58. The molecule has 1 aromatic rings. The zero-order chi connectivity index (χ0) is 14.2. The molecule has 1 heterocycles. The summed E-state index contributed by atoms with van der Waals surface area (Å²) < 4.78 is 5.87. The maximum absolute atomic E-state index is 5.87. The Balaban J connectivity index is 1.77. The maximum atomic E-state index is 5.87. The van der Waals surface area contributed by atoms with Crippen molar-refractivity contribution in [1.82, 2.24) is 10.2 Å². The van der Waals surface area contributed by atoms with Gasteiger partial charge >= 0.3 is 0 Å². The predicted molar refractivity (Wildman–Crippen MR) is 84.4 cm³/mol. The van der Waals surface area contributed by atoms with E-state index < -0.39 is 0 Å². The van der Waals surface area contributed by atoms with Crippen molar-refractivity contribution in [2.75, 3.05) is 32.8 Å². The van der Waals surface area contributed by atoms with Crippen molar-refractivity contribution < 1.29 is 4.74 Å². The van der Waals surface area contributed by atoms with Crippen LogP contribution in [0.4, 0.5) is 0 Å². The van der Waals surface area contributed by atoms with Crippen molar-refractivity contribution in [3.8, 4) is 5.75 Å². The van der Waals surface area contributed by atoms with E-state index in [-0.39, 0.29) is 0 Å². The summed E-state index contributed by atoms with van der Waals surface area (Å²) in [7, 11) is 0. The first-order chi connectivity index (χ1) is 9.79. The van der Waals surface area contributed by atoms with Crippen LogP contribution in [0.1, 0.15) is 31.7 Å². The molecular formula is C17H28N2O. The van der Waals surface area contributed by atoms with Gasteiger partial charge in [0, 0.05) is 19.1 Å². The van der Waals surface area contributed by atoms with Gasteiger partial charge in [0.05, 0.1) is 0 Å². The Bertz CT molecular complexity index is 371. The first kappa shape index (κ1) is 15.3. The molecule has 0 aliphatic carbocycles. The van der Waals surface area contributed by atoms with Gasteiger partial charge in [-0.2, -0.15) is 0 Å². The molecule has 3 nitrogen and oxygen atoms in total. The molecule has 0 bridgehead atoms. The monoisotopic (exact) mass is 276 g/mol. The summed E-state index contributed by atoms with van der Waals surface area (Å²) in [5.74, 6) is 0.980. The van der Waals surface area contributed by atoms with Crippen molar-refractivity contribution in [3.63, 3.8) is 0 Å². The first-order valence-corrected chi connectivity index (χ1v) is 7.94. The third-order valence-corrected chi connectivity index (χ3v) is 3.97. The molecule has 20 heavy (non-hydrogen) atoms. The molecule has 3 heteroatoms. The molecule has 1 aliphatic heterocycles. The number of piperidine rings is 1. The molecule has 0 radical (unpaired) electrons. The van der Waals surface area contributed by atoms with Gasteiger partial charge in [-0.1, -0.05) is 24.6 Å². The number of benzene rings is 1. The normalized spacial score (nSPS) is 19.2. The molecule has 0 aromatic heterocycles. The summed E-state index contributed by atoms with van der Waals surface area (Å²) in [6.45, 7) is 9.63. The largest absolute Gasteiger partial charge is 0.492 e. The van der Waals surface area contributed by atoms with E-state index in [0.29, 0.717) is 6.04 Å². The predicted octanol–water partition coefficient (Wildman–Crippen LogP) is 2.84. The van der Waals surface area contributed by atoms with E-state index in [4.69, 9.17) is 4.74 Å². The minimum absolute atomic E-state index is 0.685. The fourth-order valence-electron chi connectivity index (χ4n) is 2.82. The molecule has 0 saturated carbocycles. The average molecular weight is 276 g/mol. The Kier molecular flexibility index (Phi) is 6.34. The van der Waals surface area contributed by atoms with Crippen LogP contribution in [0.3, 0.4) is 0 Å². The fraction of sp³-hybridized carbons (Fsp3) is 0.647. The van der Waals surface area contributed by atoms with Crippen LogP contribution in [0.5, 0.6) is 5.75 Å². The molecule has 1 unspecified atom stereocenters. The van der Waals surface area contributed by atoms with Gasteiger partial charge < -0.3 is 10.1 Å². The summed E-state index contributed by atoms with van der Waals surface area (Å²) in [6, 6.07) is 9.00. The molecule has 1 aromatic carbocycles. The zero-order valence-corrected chi connectivity index (χ0v) is 12.9. The van der Waals surface area contributed by atoms with E-state index in [1.165, 1.54) is 37.9 Å². The number of aryl methyl sites for hydroxylation is 1. The van der Waals surface area contributed by atoms with Crippen molar-refractivity contribution in [2.45, 2.75) is 39.2 Å². The topological polar surface area (TPSA) is 24.5 Å². The third-order valence-electron chi connectivity index (χ3n) is 3.97. The van der Waals surface area contributed by atoms with E-state index in [1.807, 2.05) is 0 Å². The number of nitrogens with one attached hydrogen (secondary N) is 1. The van der Waals surface area contributed by atoms with Gasteiger partial charge in [0.15, 0.2) is 0 Å².